The number of hydrogen-bond donors (Lipinski definition) is 0. The Hall–Kier alpha value is -2.93. The lowest BCUT2D eigenvalue weighted by molar-refractivity contribution is -0.130. The van der Waals surface area contributed by atoms with E-state index in [1.54, 1.807) is 21.1 Å². The van der Waals surface area contributed by atoms with Gasteiger partial charge in [0.1, 0.15) is 12.4 Å². The van der Waals surface area contributed by atoms with E-state index in [0.29, 0.717) is 6.61 Å². The zero-order valence-corrected chi connectivity index (χ0v) is 19.7. The third kappa shape index (κ3) is 6.29. The van der Waals surface area contributed by atoms with Crippen molar-refractivity contribution >= 4 is 11.6 Å². The molecule has 2 aromatic rings. The monoisotopic (exact) mass is 441 g/mol. The molecule has 1 saturated heterocycles. The minimum absolute atomic E-state index is 0.150. The van der Waals surface area contributed by atoms with Gasteiger partial charge in [-0.25, -0.2) is 0 Å². The lowest BCUT2D eigenvalue weighted by Crippen LogP contribution is -2.48. The summed E-state index contributed by atoms with van der Waals surface area (Å²) in [5.74, 6) is 2.50. The number of carbonyl (C=O) groups is 1. The largest absolute Gasteiger partial charge is 0.497 e. The Morgan fingerprint density at radius 1 is 1.00 bits per heavy atom. The van der Waals surface area contributed by atoms with Gasteiger partial charge in [-0.2, -0.15) is 0 Å². The first-order chi connectivity index (χ1) is 15.5. The molecule has 174 valence electrons. The summed E-state index contributed by atoms with van der Waals surface area (Å²) in [6.07, 6.45) is 0. The molecule has 0 saturated carbocycles. The molecule has 0 atom stereocenters. The quantitative estimate of drug-likeness (QED) is 0.564. The maximum Gasteiger partial charge on any atom is 0.219 e. The summed E-state index contributed by atoms with van der Waals surface area (Å²) in [5, 5.41) is 0. The molecular weight excluding hydrogens is 406 g/mol. The fourth-order valence-corrected chi connectivity index (χ4v) is 3.92. The number of benzene rings is 2. The zero-order chi connectivity index (χ0) is 22.9. The minimum atomic E-state index is 0.150. The van der Waals surface area contributed by atoms with Gasteiger partial charge in [0.15, 0.2) is 11.5 Å². The van der Waals surface area contributed by atoms with Crippen LogP contribution in [0.4, 0.5) is 5.69 Å². The highest BCUT2D eigenvalue weighted by Crippen LogP contribution is 2.30. The van der Waals surface area contributed by atoms with Crippen molar-refractivity contribution in [3.8, 4) is 17.2 Å². The molecule has 3 rings (SSSR count). The van der Waals surface area contributed by atoms with Gasteiger partial charge in [-0.1, -0.05) is 12.1 Å². The molecular formula is C25H35N3O4. The van der Waals surface area contributed by atoms with Crippen LogP contribution in [0.25, 0.3) is 0 Å². The van der Waals surface area contributed by atoms with E-state index < -0.39 is 0 Å². The van der Waals surface area contributed by atoms with Crippen molar-refractivity contribution in [2.24, 2.45) is 0 Å². The van der Waals surface area contributed by atoms with E-state index in [1.807, 2.05) is 23.1 Å². The van der Waals surface area contributed by atoms with Gasteiger partial charge in [0.2, 0.25) is 5.91 Å². The molecule has 1 aliphatic rings. The molecule has 7 nitrogen and oxygen atoms in total. The SMILES string of the molecule is CCN(Cc1ccc(OC)c(OCCN2CCN(C(C)=O)CC2)c1)c1cccc(OC)c1. The Kier molecular flexibility index (Phi) is 8.62. The topological polar surface area (TPSA) is 54.5 Å². The zero-order valence-electron chi connectivity index (χ0n) is 19.7. The summed E-state index contributed by atoms with van der Waals surface area (Å²) in [6.45, 7) is 10.1. The van der Waals surface area contributed by atoms with Crippen LogP contribution in [0.15, 0.2) is 42.5 Å². The smallest absolute Gasteiger partial charge is 0.219 e. The second kappa shape index (κ2) is 11.6. The number of piperazine rings is 1. The molecule has 0 N–H and O–H groups in total. The van der Waals surface area contributed by atoms with Crippen LogP contribution in [0.2, 0.25) is 0 Å². The molecule has 1 amide bonds. The van der Waals surface area contributed by atoms with Gasteiger partial charge < -0.3 is 24.0 Å². The first kappa shape index (κ1) is 23.7. The summed E-state index contributed by atoms with van der Waals surface area (Å²) < 4.78 is 17.0. The van der Waals surface area contributed by atoms with Crippen molar-refractivity contribution < 1.29 is 19.0 Å². The Balaban J connectivity index is 1.60. The molecule has 0 aliphatic carbocycles. The van der Waals surface area contributed by atoms with E-state index in [2.05, 4.69) is 41.0 Å². The Bertz CT molecular complexity index is 881. The van der Waals surface area contributed by atoms with E-state index in [4.69, 9.17) is 14.2 Å². The summed E-state index contributed by atoms with van der Waals surface area (Å²) in [6, 6.07) is 14.2. The molecule has 1 fully saturated rings. The molecule has 7 heteroatoms. The highest BCUT2D eigenvalue weighted by atomic mass is 16.5. The third-order valence-electron chi connectivity index (χ3n) is 5.88. The summed E-state index contributed by atoms with van der Waals surface area (Å²) in [7, 11) is 3.35. The summed E-state index contributed by atoms with van der Waals surface area (Å²) in [4.78, 5) is 18.0. The van der Waals surface area contributed by atoms with Crippen molar-refractivity contribution in [2.45, 2.75) is 20.4 Å². The molecule has 1 aliphatic heterocycles. The molecule has 32 heavy (non-hydrogen) atoms. The van der Waals surface area contributed by atoms with Crippen LogP contribution in [0.5, 0.6) is 17.2 Å². The molecule has 0 spiro atoms. The van der Waals surface area contributed by atoms with Gasteiger partial charge in [-0.05, 0) is 36.8 Å². The number of nitrogens with zero attached hydrogens (tertiary/aromatic N) is 3. The maximum absolute atomic E-state index is 11.5. The normalized spacial score (nSPS) is 14.2. The Morgan fingerprint density at radius 2 is 1.78 bits per heavy atom. The van der Waals surface area contributed by atoms with E-state index in [1.165, 1.54) is 0 Å². The van der Waals surface area contributed by atoms with Crippen molar-refractivity contribution in [3.63, 3.8) is 0 Å². The summed E-state index contributed by atoms with van der Waals surface area (Å²) >= 11 is 0. The van der Waals surface area contributed by atoms with E-state index in [9.17, 15) is 4.79 Å². The maximum atomic E-state index is 11.5. The van der Waals surface area contributed by atoms with Crippen molar-refractivity contribution in [1.82, 2.24) is 9.80 Å². The van der Waals surface area contributed by atoms with Crippen LogP contribution in [-0.4, -0.2) is 75.8 Å². The second-order valence-electron chi connectivity index (χ2n) is 7.90. The first-order valence-corrected chi connectivity index (χ1v) is 11.2. The Morgan fingerprint density at radius 3 is 2.44 bits per heavy atom. The number of rotatable bonds is 10. The number of amides is 1. The fourth-order valence-electron chi connectivity index (χ4n) is 3.92. The highest BCUT2D eigenvalue weighted by Gasteiger charge is 2.18. The predicted molar refractivity (Wildman–Crippen MR) is 127 cm³/mol. The number of carbonyl (C=O) groups excluding carboxylic acids is 1. The van der Waals surface area contributed by atoms with Gasteiger partial charge in [0.05, 0.1) is 14.2 Å². The number of hydrogen-bond acceptors (Lipinski definition) is 6. The molecule has 2 aromatic carbocycles. The average Bonchev–Trinajstić information content (AvgIpc) is 2.83. The third-order valence-corrected chi connectivity index (χ3v) is 5.88. The lowest BCUT2D eigenvalue weighted by atomic mass is 10.1. The number of ether oxygens (including phenoxy) is 3. The minimum Gasteiger partial charge on any atom is -0.497 e. The molecule has 1 heterocycles. The average molecular weight is 442 g/mol. The van der Waals surface area contributed by atoms with Crippen LogP contribution in [0.1, 0.15) is 19.4 Å². The fraction of sp³-hybridized carbons (Fsp3) is 0.480. The van der Waals surface area contributed by atoms with Gasteiger partial charge in [-0.3, -0.25) is 9.69 Å². The molecule has 0 radical (unpaired) electrons. The van der Waals surface area contributed by atoms with E-state index >= 15 is 0 Å². The highest BCUT2D eigenvalue weighted by molar-refractivity contribution is 5.73. The van der Waals surface area contributed by atoms with Crippen LogP contribution in [0.3, 0.4) is 0 Å². The number of methoxy groups -OCH3 is 2. The van der Waals surface area contributed by atoms with Gasteiger partial charge >= 0.3 is 0 Å². The van der Waals surface area contributed by atoms with Crippen molar-refractivity contribution in [1.29, 1.82) is 0 Å². The van der Waals surface area contributed by atoms with Crippen molar-refractivity contribution in [3.05, 3.63) is 48.0 Å². The van der Waals surface area contributed by atoms with Gasteiger partial charge in [0, 0.05) is 64.5 Å². The number of anilines is 1. The second-order valence-corrected chi connectivity index (χ2v) is 7.90. The predicted octanol–water partition coefficient (Wildman–Crippen LogP) is 3.27. The van der Waals surface area contributed by atoms with Crippen LogP contribution >= 0.6 is 0 Å². The first-order valence-electron chi connectivity index (χ1n) is 11.2. The van der Waals surface area contributed by atoms with Gasteiger partial charge in [0.25, 0.3) is 0 Å². The van der Waals surface area contributed by atoms with Gasteiger partial charge in [-0.15, -0.1) is 0 Å². The molecule has 0 unspecified atom stereocenters. The van der Waals surface area contributed by atoms with Crippen LogP contribution < -0.4 is 19.1 Å². The van der Waals surface area contributed by atoms with Crippen LogP contribution in [0, 0.1) is 0 Å². The van der Waals surface area contributed by atoms with Crippen LogP contribution in [-0.2, 0) is 11.3 Å². The molecule has 0 aromatic heterocycles. The lowest BCUT2D eigenvalue weighted by Gasteiger charge is -2.34. The van der Waals surface area contributed by atoms with E-state index in [-0.39, 0.29) is 5.91 Å². The molecule has 0 bridgehead atoms. The van der Waals surface area contributed by atoms with Crippen molar-refractivity contribution in [2.75, 3.05) is 65.0 Å². The van der Waals surface area contributed by atoms with E-state index in [0.717, 1.165) is 74.3 Å². The Labute approximate surface area is 191 Å². The summed E-state index contributed by atoms with van der Waals surface area (Å²) in [5.41, 5.74) is 2.27. The standard InChI is InChI=1S/C25H35N3O4/c1-5-27(22-7-6-8-23(18-22)30-3)19-21-9-10-24(31-4)25(17-21)32-16-15-26-11-13-28(14-12-26)20(2)29/h6-10,17-18H,5,11-16,19H2,1-4H3.